The van der Waals surface area contributed by atoms with Crippen molar-refractivity contribution in [3.8, 4) is 11.5 Å². The molecule has 2 rings (SSSR count). The molecule has 1 heterocycles. The van der Waals surface area contributed by atoms with Gasteiger partial charge in [-0.05, 0) is 49.7 Å². The number of rotatable bonds is 7. The van der Waals surface area contributed by atoms with Gasteiger partial charge in [0.1, 0.15) is 0 Å². The summed E-state index contributed by atoms with van der Waals surface area (Å²) in [6.07, 6.45) is 4.00. The summed E-state index contributed by atoms with van der Waals surface area (Å²) in [7, 11) is 1.57. The molecule has 0 spiro atoms. The summed E-state index contributed by atoms with van der Waals surface area (Å²) < 4.78 is 16.3. The molecule has 24 heavy (non-hydrogen) atoms. The van der Waals surface area contributed by atoms with E-state index in [0.717, 1.165) is 25.0 Å². The lowest BCUT2D eigenvalue weighted by Crippen LogP contribution is -2.37. The highest BCUT2D eigenvalue weighted by atomic mass is 35.5. The predicted molar refractivity (Wildman–Crippen MR) is 99.5 cm³/mol. The highest BCUT2D eigenvalue weighted by molar-refractivity contribution is 7.80. The minimum Gasteiger partial charge on any atom is -0.493 e. The van der Waals surface area contributed by atoms with Crippen LogP contribution in [0.15, 0.2) is 17.2 Å². The van der Waals surface area contributed by atoms with E-state index >= 15 is 0 Å². The van der Waals surface area contributed by atoms with Crippen molar-refractivity contribution in [1.82, 2.24) is 10.7 Å². The number of hydrogen-bond donors (Lipinski definition) is 2. The molecule has 0 saturated carbocycles. The van der Waals surface area contributed by atoms with Gasteiger partial charge in [-0.25, -0.2) is 0 Å². The summed E-state index contributed by atoms with van der Waals surface area (Å²) in [6, 6.07) is 3.55. The van der Waals surface area contributed by atoms with Crippen LogP contribution in [-0.2, 0) is 4.74 Å². The molecule has 1 aromatic rings. The molecule has 0 radical (unpaired) electrons. The molecule has 0 amide bonds. The standard InChI is InChI=1S/C16H22ClN3O3S/c1-3-22-15-13(17)7-11(8-14(15)21-2)9-19-20-16(24)18-10-12-5-4-6-23-12/h7-9,12H,3-6,10H2,1-2H3,(H2,18,20,24)/b19-9-/t12-/m0/s1. The Morgan fingerprint density at radius 2 is 2.38 bits per heavy atom. The van der Waals surface area contributed by atoms with Crippen molar-refractivity contribution in [1.29, 1.82) is 0 Å². The summed E-state index contributed by atoms with van der Waals surface area (Å²) in [6.45, 7) is 3.91. The van der Waals surface area contributed by atoms with Crippen LogP contribution in [0, 0.1) is 0 Å². The van der Waals surface area contributed by atoms with Gasteiger partial charge in [0.2, 0.25) is 0 Å². The molecule has 1 aliphatic rings. The van der Waals surface area contributed by atoms with Crippen molar-refractivity contribution in [3.63, 3.8) is 0 Å². The highest BCUT2D eigenvalue weighted by Gasteiger charge is 2.15. The van der Waals surface area contributed by atoms with Gasteiger partial charge in [-0.2, -0.15) is 5.10 Å². The monoisotopic (exact) mass is 371 g/mol. The first-order chi connectivity index (χ1) is 11.6. The molecule has 2 N–H and O–H groups in total. The minimum atomic E-state index is 0.225. The molecule has 0 aliphatic carbocycles. The van der Waals surface area contributed by atoms with Gasteiger partial charge in [0, 0.05) is 13.2 Å². The minimum absolute atomic E-state index is 0.225. The molecule has 1 aliphatic heterocycles. The number of benzene rings is 1. The van der Waals surface area contributed by atoms with Crippen LogP contribution in [0.1, 0.15) is 25.3 Å². The van der Waals surface area contributed by atoms with Gasteiger partial charge in [-0.1, -0.05) is 11.6 Å². The molecule has 6 nitrogen and oxygen atoms in total. The SMILES string of the molecule is CCOc1c(Cl)cc(/C=N\NC(=S)NC[C@@H]2CCCO2)cc1OC. The van der Waals surface area contributed by atoms with E-state index in [0.29, 0.717) is 34.8 Å². The molecule has 1 saturated heterocycles. The van der Waals surface area contributed by atoms with Gasteiger partial charge in [0.15, 0.2) is 16.6 Å². The van der Waals surface area contributed by atoms with Gasteiger partial charge < -0.3 is 19.5 Å². The maximum absolute atomic E-state index is 6.22. The van der Waals surface area contributed by atoms with E-state index < -0.39 is 0 Å². The number of nitrogens with zero attached hydrogens (tertiary/aromatic N) is 1. The van der Waals surface area contributed by atoms with Crippen LogP contribution in [0.4, 0.5) is 0 Å². The van der Waals surface area contributed by atoms with Crippen molar-refractivity contribution < 1.29 is 14.2 Å². The van der Waals surface area contributed by atoms with Crippen LogP contribution in [-0.4, -0.2) is 44.3 Å². The molecule has 132 valence electrons. The van der Waals surface area contributed by atoms with Crippen LogP contribution >= 0.6 is 23.8 Å². The lowest BCUT2D eigenvalue weighted by Gasteiger charge is -2.12. The van der Waals surface area contributed by atoms with Crippen LogP contribution < -0.4 is 20.2 Å². The van der Waals surface area contributed by atoms with E-state index in [4.69, 9.17) is 38.0 Å². The smallest absolute Gasteiger partial charge is 0.187 e. The number of methoxy groups -OCH3 is 1. The number of nitrogens with one attached hydrogen (secondary N) is 2. The molecular weight excluding hydrogens is 350 g/mol. The van der Waals surface area contributed by atoms with E-state index in [1.807, 2.05) is 6.92 Å². The molecule has 0 bridgehead atoms. The van der Waals surface area contributed by atoms with Crippen LogP contribution in [0.5, 0.6) is 11.5 Å². The van der Waals surface area contributed by atoms with E-state index in [9.17, 15) is 0 Å². The van der Waals surface area contributed by atoms with Crippen LogP contribution in [0.3, 0.4) is 0 Å². The topological polar surface area (TPSA) is 64.1 Å². The quantitative estimate of drug-likeness (QED) is 0.436. The third kappa shape index (κ3) is 5.51. The van der Waals surface area contributed by atoms with Crippen molar-refractivity contribution in [2.45, 2.75) is 25.9 Å². The van der Waals surface area contributed by atoms with Gasteiger partial charge in [-0.15, -0.1) is 0 Å². The zero-order valence-corrected chi connectivity index (χ0v) is 15.4. The maximum Gasteiger partial charge on any atom is 0.187 e. The lowest BCUT2D eigenvalue weighted by molar-refractivity contribution is 0.114. The second kappa shape index (κ2) is 9.66. The van der Waals surface area contributed by atoms with Crippen molar-refractivity contribution in [3.05, 3.63) is 22.7 Å². The van der Waals surface area contributed by atoms with Crippen molar-refractivity contribution >= 4 is 35.1 Å². The molecular formula is C16H22ClN3O3S. The van der Waals surface area contributed by atoms with Crippen molar-refractivity contribution in [2.24, 2.45) is 5.10 Å². The molecule has 0 unspecified atom stereocenters. The normalized spacial score (nSPS) is 17.0. The van der Waals surface area contributed by atoms with Crippen LogP contribution in [0.2, 0.25) is 5.02 Å². The zero-order valence-electron chi connectivity index (χ0n) is 13.8. The Labute approximate surface area is 152 Å². The second-order valence-electron chi connectivity index (χ2n) is 5.18. The number of ether oxygens (including phenoxy) is 3. The van der Waals surface area contributed by atoms with E-state index in [2.05, 4.69) is 15.8 Å². The first-order valence-corrected chi connectivity index (χ1v) is 8.61. The fourth-order valence-electron chi connectivity index (χ4n) is 2.32. The zero-order chi connectivity index (χ0) is 17.4. The largest absolute Gasteiger partial charge is 0.493 e. The second-order valence-corrected chi connectivity index (χ2v) is 6.00. The number of hydrogen-bond acceptors (Lipinski definition) is 5. The average molecular weight is 372 g/mol. The van der Waals surface area contributed by atoms with Crippen LogP contribution in [0.25, 0.3) is 0 Å². The fraction of sp³-hybridized carbons (Fsp3) is 0.500. The lowest BCUT2D eigenvalue weighted by atomic mass is 10.2. The molecule has 1 fully saturated rings. The third-order valence-corrected chi connectivity index (χ3v) is 3.95. The highest BCUT2D eigenvalue weighted by Crippen LogP contribution is 2.35. The maximum atomic E-state index is 6.22. The summed E-state index contributed by atoms with van der Waals surface area (Å²) in [5.74, 6) is 1.09. The average Bonchev–Trinajstić information content (AvgIpc) is 3.08. The summed E-state index contributed by atoms with van der Waals surface area (Å²) in [4.78, 5) is 0. The fourth-order valence-corrected chi connectivity index (χ4v) is 2.73. The van der Waals surface area contributed by atoms with E-state index in [-0.39, 0.29) is 6.10 Å². The molecule has 8 heteroatoms. The predicted octanol–water partition coefficient (Wildman–Crippen LogP) is 2.72. The van der Waals surface area contributed by atoms with Gasteiger partial charge in [0.05, 0.1) is 31.1 Å². The Balaban J connectivity index is 1.88. The van der Waals surface area contributed by atoms with Gasteiger partial charge in [0.25, 0.3) is 0 Å². The summed E-state index contributed by atoms with van der Waals surface area (Å²) in [5, 5.41) is 8.10. The van der Waals surface area contributed by atoms with E-state index in [1.165, 1.54) is 0 Å². The third-order valence-electron chi connectivity index (χ3n) is 3.43. The first kappa shape index (κ1) is 18.8. The first-order valence-electron chi connectivity index (χ1n) is 7.82. The molecule has 0 aromatic heterocycles. The Bertz CT molecular complexity index is 592. The van der Waals surface area contributed by atoms with E-state index in [1.54, 1.807) is 25.5 Å². The number of hydrazone groups is 1. The summed E-state index contributed by atoms with van der Waals surface area (Å²) in [5.41, 5.74) is 3.54. The van der Waals surface area contributed by atoms with Gasteiger partial charge >= 0.3 is 0 Å². The summed E-state index contributed by atoms with van der Waals surface area (Å²) >= 11 is 11.4. The Kier molecular flexibility index (Phi) is 7.55. The van der Waals surface area contributed by atoms with Crippen molar-refractivity contribution in [2.75, 3.05) is 26.9 Å². The number of thiocarbonyl (C=S) groups is 1. The Hall–Kier alpha value is -1.57. The van der Waals surface area contributed by atoms with Gasteiger partial charge in [-0.3, -0.25) is 5.43 Å². The molecule has 1 aromatic carbocycles. The Morgan fingerprint density at radius 1 is 1.54 bits per heavy atom. The number of halogens is 1. The molecule has 1 atom stereocenters. The Morgan fingerprint density at radius 3 is 3.04 bits per heavy atom.